The van der Waals surface area contributed by atoms with Crippen LogP contribution in [0.1, 0.15) is 58.7 Å². The maximum absolute atomic E-state index is 13.8. The molecule has 7 nitrogen and oxygen atoms in total. The van der Waals surface area contributed by atoms with Crippen molar-refractivity contribution < 1.29 is 19.1 Å². The summed E-state index contributed by atoms with van der Waals surface area (Å²) in [7, 11) is 0. The molecular formula is C30H37N3O4. The van der Waals surface area contributed by atoms with E-state index in [1.807, 2.05) is 94.4 Å². The molecule has 0 aliphatic carbocycles. The van der Waals surface area contributed by atoms with E-state index in [1.54, 1.807) is 20.8 Å². The molecule has 1 unspecified atom stereocenters. The normalized spacial score (nSPS) is 12.5. The minimum absolute atomic E-state index is 0.308. The average molecular weight is 504 g/mol. The Hall–Kier alpha value is -3.87. The highest BCUT2D eigenvalue weighted by Crippen LogP contribution is 2.31. The summed E-state index contributed by atoms with van der Waals surface area (Å²) in [4.78, 5) is 41.1. The molecule has 0 aliphatic rings. The summed E-state index contributed by atoms with van der Waals surface area (Å²) in [5, 5.41) is 7.60. The molecule has 2 N–H and O–H groups in total. The zero-order valence-corrected chi connectivity index (χ0v) is 22.7. The lowest BCUT2D eigenvalue weighted by Gasteiger charge is -2.41. The van der Waals surface area contributed by atoms with E-state index in [1.165, 1.54) is 4.90 Å². The van der Waals surface area contributed by atoms with Gasteiger partial charge in [0.2, 0.25) is 5.91 Å². The molecule has 37 heavy (non-hydrogen) atoms. The number of nitrogens with one attached hydrogen (secondary N) is 2. The molecule has 0 aromatic heterocycles. The van der Waals surface area contributed by atoms with Crippen molar-refractivity contribution in [3.8, 4) is 0 Å². The van der Waals surface area contributed by atoms with Crippen LogP contribution in [-0.4, -0.2) is 40.5 Å². The Labute approximate surface area is 219 Å². The number of rotatable bonds is 6. The Morgan fingerprint density at radius 2 is 1.49 bits per heavy atom. The van der Waals surface area contributed by atoms with Gasteiger partial charge in [-0.1, -0.05) is 60.2 Å². The second-order valence-corrected chi connectivity index (χ2v) is 11.2. The first-order valence-electron chi connectivity index (χ1n) is 12.4. The molecular weight excluding hydrogens is 466 g/mol. The summed E-state index contributed by atoms with van der Waals surface area (Å²) < 4.78 is 5.27. The SMILES string of the molecule is Cc1ccc(C(C(=O)Nc2ccc3ccccc3c2)N(C(=O)CNC(=O)OC(C)(C)C)C(C)(C)C)cc1. The lowest BCUT2D eigenvalue weighted by molar-refractivity contribution is -0.144. The molecule has 0 saturated carbocycles. The summed E-state index contributed by atoms with van der Waals surface area (Å²) in [6.07, 6.45) is -0.692. The molecule has 0 radical (unpaired) electrons. The van der Waals surface area contributed by atoms with E-state index in [0.29, 0.717) is 11.3 Å². The minimum atomic E-state index is -0.931. The van der Waals surface area contributed by atoms with Gasteiger partial charge in [0.1, 0.15) is 18.2 Å². The molecule has 3 rings (SSSR count). The van der Waals surface area contributed by atoms with E-state index in [9.17, 15) is 14.4 Å². The van der Waals surface area contributed by atoms with Gasteiger partial charge in [-0.25, -0.2) is 4.79 Å². The third kappa shape index (κ3) is 7.56. The van der Waals surface area contributed by atoms with Gasteiger partial charge in [0, 0.05) is 11.2 Å². The van der Waals surface area contributed by atoms with Crippen LogP contribution >= 0.6 is 0 Å². The summed E-state index contributed by atoms with van der Waals surface area (Å²) in [6, 6.07) is 20.2. The lowest BCUT2D eigenvalue weighted by Crippen LogP contribution is -2.54. The zero-order chi connectivity index (χ0) is 27.4. The topological polar surface area (TPSA) is 87.7 Å². The van der Waals surface area contributed by atoms with Gasteiger partial charge in [-0.2, -0.15) is 0 Å². The summed E-state index contributed by atoms with van der Waals surface area (Å²) in [5.41, 5.74) is 0.917. The first-order chi connectivity index (χ1) is 17.2. The van der Waals surface area contributed by atoms with E-state index in [4.69, 9.17) is 4.74 Å². The van der Waals surface area contributed by atoms with Crippen molar-refractivity contribution in [2.24, 2.45) is 0 Å². The van der Waals surface area contributed by atoms with Gasteiger partial charge in [0.15, 0.2) is 0 Å². The first kappa shape index (κ1) is 27.7. The predicted molar refractivity (Wildman–Crippen MR) is 147 cm³/mol. The van der Waals surface area contributed by atoms with Crippen LogP contribution in [0.2, 0.25) is 0 Å². The van der Waals surface area contributed by atoms with Crippen molar-refractivity contribution >= 4 is 34.4 Å². The Balaban J connectivity index is 1.94. The molecule has 1 atom stereocenters. The fraction of sp³-hybridized carbons (Fsp3) is 0.367. The van der Waals surface area contributed by atoms with Gasteiger partial charge < -0.3 is 20.3 Å². The summed E-state index contributed by atoms with van der Waals surface area (Å²) in [5.74, 6) is -0.753. The van der Waals surface area contributed by atoms with E-state index in [0.717, 1.165) is 16.3 Å². The van der Waals surface area contributed by atoms with Crippen LogP contribution in [0.25, 0.3) is 10.8 Å². The Bertz CT molecular complexity index is 1270. The number of nitrogens with zero attached hydrogens (tertiary/aromatic N) is 1. The fourth-order valence-corrected chi connectivity index (χ4v) is 4.10. The van der Waals surface area contributed by atoms with Gasteiger partial charge in [-0.05, 0) is 76.9 Å². The van der Waals surface area contributed by atoms with Crippen LogP contribution in [-0.2, 0) is 14.3 Å². The number of amides is 3. The maximum Gasteiger partial charge on any atom is 0.408 e. The minimum Gasteiger partial charge on any atom is -0.444 e. The van der Waals surface area contributed by atoms with Crippen molar-refractivity contribution in [2.45, 2.75) is 65.6 Å². The van der Waals surface area contributed by atoms with Gasteiger partial charge >= 0.3 is 6.09 Å². The number of benzene rings is 3. The second-order valence-electron chi connectivity index (χ2n) is 11.2. The van der Waals surface area contributed by atoms with Gasteiger partial charge in [0.05, 0.1) is 0 Å². The second kappa shape index (κ2) is 11.0. The molecule has 0 fully saturated rings. The zero-order valence-electron chi connectivity index (χ0n) is 22.7. The number of anilines is 1. The number of carbonyl (C=O) groups excluding carboxylic acids is 3. The quantitative estimate of drug-likeness (QED) is 0.433. The van der Waals surface area contributed by atoms with E-state index in [-0.39, 0.29) is 12.5 Å². The molecule has 0 spiro atoms. The molecule has 7 heteroatoms. The average Bonchev–Trinajstić information content (AvgIpc) is 2.79. The van der Waals surface area contributed by atoms with Crippen LogP contribution in [0.4, 0.5) is 10.5 Å². The Morgan fingerprint density at radius 1 is 0.865 bits per heavy atom. The van der Waals surface area contributed by atoms with Gasteiger partial charge in [-0.3, -0.25) is 9.59 Å². The number of ether oxygens (including phenoxy) is 1. The van der Waals surface area contributed by atoms with Crippen LogP contribution in [0.5, 0.6) is 0 Å². The van der Waals surface area contributed by atoms with Crippen LogP contribution in [0.15, 0.2) is 66.7 Å². The number of hydrogen-bond acceptors (Lipinski definition) is 4. The first-order valence-corrected chi connectivity index (χ1v) is 12.4. The fourth-order valence-electron chi connectivity index (χ4n) is 4.10. The van der Waals surface area contributed by atoms with E-state index >= 15 is 0 Å². The number of alkyl carbamates (subject to hydrolysis) is 1. The van der Waals surface area contributed by atoms with Crippen LogP contribution < -0.4 is 10.6 Å². The largest absolute Gasteiger partial charge is 0.444 e. The van der Waals surface area contributed by atoms with Crippen molar-refractivity contribution in [3.63, 3.8) is 0 Å². The third-order valence-electron chi connectivity index (χ3n) is 5.69. The van der Waals surface area contributed by atoms with Crippen LogP contribution in [0.3, 0.4) is 0 Å². The van der Waals surface area contributed by atoms with E-state index < -0.39 is 29.2 Å². The third-order valence-corrected chi connectivity index (χ3v) is 5.69. The highest BCUT2D eigenvalue weighted by molar-refractivity contribution is 6.00. The highest BCUT2D eigenvalue weighted by Gasteiger charge is 2.38. The monoisotopic (exact) mass is 503 g/mol. The number of hydrogen-bond donors (Lipinski definition) is 2. The molecule has 3 amide bonds. The summed E-state index contributed by atoms with van der Waals surface area (Å²) in [6.45, 7) is 12.5. The number of fused-ring (bicyclic) bond motifs is 1. The molecule has 3 aromatic rings. The number of aryl methyl sites for hydroxylation is 1. The summed E-state index contributed by atoms with van der Waals surface area (Å²) >= 11 is 0. The molecule has 196 valence electrons. The Morgan fingerprint density at radius 3 is 2.08 bits per heavy atom. The molecule has 0 heterocycles. The highest BCUT2D eigenvalue weighted by atomic mass is 16.6. The van der Waals surface area contributed by atoms with Crippen molar-refractivity contribution in [2.75, 3.05) is 11.9 Å². The lowest BCUT2D eigenvalue weighted by atomic mass is 9.96. The molecule has 0 aliphatic heterocycles. The van der Waals surface area contributed by atoms with E-state index in [2.05, 4.69) is 10.6 Å². The Kier molecular flexibility index (Phi) is 8.26. The smallest absolute Gasteiger partial charge is 0.408 e. The molecule has 3 aromatic carbocycles. The standard InChI is InChI=1S/C30H37N3O4/c1-20-12-14-22(15-13-20)26(27(35)32-24-17-16-21-10-8-9-11-23(21)18-24)33(29(2,3)4)25(34)19-31-28(36)37-30(5,6)7/h8-18,26H,19H2,1-7H3,(H,31,36)(H,32,35). The van der Waals surface area contributed by atoms with Crippen LogP contribution in [0, 0.1) is 6.92 Å². The van der Waals surface area contributed by atoms with Gasteiger partial charge in [-0.15, -0.1) is 0 Å². The number of carbonyl (C=O) groups is 3. The van der Waals surface area contributed by atoms with Crippen molar-refractivity contribution in [3.05, 3.63) is 77.9 Å². The molecule has 0 bridgehead atoms. The van der Waals surface area contributed by atoms with Crippen molar-refractivity contribution in [1.29, 1.82) is 0 Å². The van der Waals surface area contributed by atoms with Gasteiger partial charge in [0.25, 0.3) is 5.91 Å². The van der Waals surface area contributed by atoms with Crippen molar-refractivity contribution in [1.82, 2.24) is 10.2 Å². The predicted octanol–water partition coefficient (Wildman–Crippen LogP) is 5.98. The molecule has 0 saturated heterocycles. The maximum atomic E-state index is 13.8.